The Labute approximate surface area is 177 Å². The number of rotatable bonds is 5. The number of hydrogen-bond donors (Lipinski definition) is 0. The molecule has 0 spiro atoms. The lowest BCUT2D eigenvalue weighted by atomic mass is 9.92. The number of aromatic nitrogens is 1. The third-order valence-corrected chi connectivity index (χ3v) is 6.11. The molecule has 2 aliphatic heterocycles. The van der Waals surface area contributed by atoms with Crippen molar-refractivity contribution in [3.05, 3.63) is 64.4 Å². The molecule has 4 rings (SSSR count). The van der Waals surface area contributed by atoms with E-state index in [4.69, 9.17) is 21.3 Å². The average molecular weight is 414 g/mol. The number of amides is 1. The maximum Gasteiger partial charge on any atom is 0.236 e. The first-order valence-electron chi connectivity index (χ1n) is 10.5. The fourth-order valence-corrected chi connectivity index (χ4v) is 4.24. The molecular formula is C23H28ClN3O2. The van der Waals surface area contributed by atoms with Crippen molar-refractivity contribution in [2.24, 2.45) is 0 Å². The molecule has 0 saturated carbocycles. The molecule has 5 nitrogen and oxygen atoms in total. The lowest BCUT2D eigenvalue weighted by Crippen LogP contribution is -2.46. The van der Waals surface area contributed by atoms with Crippen molar-refractivity contribution in [3.63, 3.8) is 0 Å². The van der Waals surface area contributed by atoms with E-state index in [1.54, 1.807) is 0 Å². The molecular weight excluding hydrogens is 386 g/mol. The van der Waals surface area contributed by atoms with E-state index in [0.717, 1.165) is 75.1 Å². The molecule has 2 saturated heterocycles. The van der Waals surface area contributed by atoms with Gasteiger partial charge in [0.2, 0.25) is 5.91 Å². The van der Waals surface area contributed by atoms with Crippen molar-refractivity contribution < 1.29 is 9.53 Å². The van der Waals surface area contributed by atoms with Crippen molar-refractivity contribution in [3.8, 4) is 0 Å². The Morgan fingerprint density at radius 3 is 2.48 bits per heavy atom. The normalized spacial score (nSPS) is 18.7. The Balaban J connectivity index is 1.31. The molecule has 6 heteroatoms. The number of likely N-dealkylation sites (tertiary alicyclic amines) is 1. The van der Waals surface area contributed by atoms with Gasteiger partial charge in [-0.05, 0) is 42.7 Å². The molecule has 29 heavy (non-hydrogen) atoms. The summed E-state index contributed by atoms with van der Waals surface area (Å²) in [6.45, 7) is 5.32. The monoisotopic (exact) mass is 413 g/mol. The molecule has 1 aromatic carbocycles. The second kappa shape index (κ2) is 9.70. The second-order valence-electron chi connectivity index (χ2n) is 7.90. The molecule has 0 N–H and O–H groups in total. The van der Waals surface area contributed by atoms with Crippen LogP contribution in [-0.4, -0.2) is 66.6 Å². The number of morpholine rings is 1. The molecule has 1 amide bonds. The van der Waals surface area contributed by atoms with Gasteiger partial charge in [0, 0.05) is 54.9 Å². The number of hydrogen-bond acceptors (Lipinski definition) is 4. The number of nitrogens with zero attached hydrogens (tertiary/aromatic N) is 3. The van der Waals surface area contributed by atoms with E-state index in [2.05, 4.69) is 35.2 Å². The third-order valence-electron chi connectivity index (χ3n) is 5.86. The van der Waals surface area contributed by atoms with Gasteiger partial charge in [-0.25, -0.2) is 0 Å². The van der Waals surface area contributed by atoms with Crippen molar-refractivity contribution in [2.45, 2.75) is 25.2 Å². The number of piperidine rings is 1. The van der Waals surface area contributed by atoms with Crippen molar-refractivity contribution >= 4 is 17.5 Å². The molecule has 154 valence electrons. The van der Waals surface area contributed by atoms with E-state index in [9.17, 15) is 4.79 Å². The molecule has 0 atom stereocenters. The summed E-state index contributed by atoms with van der Waals surface area (Å²) < 4.78 is 5.36. The van der Waals surface area contributed by atoms with Crippen LogP contribution in [0.3, 0.4) is 0 Å². The summed E-state index contributed by atoms with van der Waals surface area (Å²) in [6, 6.07) is 14.3. The molecule has 1 aromatic heterocycles. The summed E-state index contributed by atoms with van der Waals surface area (Å²) in [4.78, 5) is 21.7. The largest absolute Gasteiger partial charge is 0.379 e. The summed E-state index contributed by atoms with van der Waals surface area (Å²) >= 11 is 5.98. The first-order chi connectivity index (χ1) is 14.2. The van der Waals surface area contributed by atoms with Gasteiger partial charge in [-0.3, -0.25) is 14.7 Å². The summed E-state index contributed by atoms with van der Waals surface area (Å²) in [5, 5.41) is 0.755. The molecule has 3 heterocycles. The van der Waals surface area contributed by atoms with Gasteiger partial charge in [0.05, 0.1) is 19.8 Å². The number of benzene rings is 1. The minimum atomic E-state index is 0.245. The van der Waals surface area contributed by atoms with Crippen LogP contribution >= 0.6 is 11.6 Å². The number of ether oxygens (including phenoxy) is 1. The molecule has 2 fully saturated rings. The number of carbonyl (C=O) groups excluding carboxylic acids is 1. The third kappa shape index (κ3) is 5.56. The molecule has 2 aromatic rings. The van der Waals surface area contributed by atoms with Crippen molar-refractivity contribution in [1.29, 1.82) is 0 Å². The Hall–Kier alpha value is -1.95. The van der Waals surface area contributed by atoms with Crippen LogP contribution in [0.4, 0.5) is 0 Å². The van der Waals surface area contributed by atoms with Gasteiger partial charge in [0.1, 0.15) is 0 Å². The quantitative estimate of drug-likeness (QED) is 0.754. The highest BCUT2D eigenvalue weighted by atomic mass is 35.5. The molecule has 0 bridgehead atoms. The average Bonchev–Trinajstić information content (AvgIpc) is 2.76. The van der Waals surface area contributed by atoms with E-state index in [1.165, 1.54) is 5.56 Å². The maximum absolute atomic E-state index is 12.6. The van der Waals surface area contributed by atoms with Gasteiger partial charge in [-0.15, -0.1) is 0 Å². The number of pyridine rings is 1. The van der Waals surface area contributed by atoms with E-state index in [-0.39, 0.29) is 5.91 Å². The Morgan fingerprint density at radius 2 is 1.76 bits per heavy atom. The van der Waals surface area contributed by atoms with Crippen LogP contribution in [0.1, 0.15) is 35.7 Å². The number of carbonyl (C=O) groups is 1. The zero-order valence-electron chi connectivity index (χ0n) is 16.7. The highest BCUT2D eigenvalue weighted by molar-refractivity contribution is 6.30. The highest BCUT2D eigenvalue weighted by Gasteiger charge is 2.26. The van der Waals surface area contributed by atoms with Gasteiger partial charge in [-0.2, -0.15) is 0 Å². The van der Waals surface area contributed by atoms with E-state index in [1.807, 2.05) is 17.0 Å². The van der Waals surface area contributed by atoms with Gasteiger partial charge in [-0.1, -0.05) is 29.8 Å². The predicted octanol–water partition coefficient (Wildman–Crippen LogP) is 3.36. The smallest absolute Gasteiger partial charge is 0.236 e. The molecule has 2 aliphatic rings. The van der Waals surface area contributed by atoms with Crippen LogP contribution < -0.4 is 0 Å². The highest BCUT2D eigenvalue weighted by Crippen LogP contribution is 2.27. The summed E-state index contributed by atoms with van der Waals surface area (Å²) in [5.41, 5.74) is 3.44. The van der Waals surface area contributed by atoms with E-state index < -0.39 is 0 Å². The summed E-state index contributed by atoms with van der Waals surface area (Å²) in [5.74, 6) is 0.669. The summed E-state index contributed by atoms with van der Waals surface area (Å²) in [6.07, 6.45) is 2.76. The summed E-state index contributed by atoms with van der Waals surface area (Å²) in [7, 11) is 0. The zero-order valence-corrected chi connectivity index (χ0v) is 17.5. The SMILES string of the molecule is O=C(CN1CCOCC1)N1CCC(c2cccc(Cc3ccc(Cl)cc3)n2)CC1. The van der Waals surface area contributed by atoms with Gasteiger partial charge >= 0.3 is 0 Å². The minimum absolute atomic E-state index is 0.245. The predicted molar refractivity (Wildman–Crippen MR) is 114 cm³/mol. The van der Waals surface area contributed by atoms with Crippen LogP contribution in [0, 0.1) is 0 Å². The fourth-order valence-electron chi connectivity index (χ4n) is 4.11. The second-order valence-corrected chi connectivity index (χ2v) is 8.34. The lowest BCUT2D eigenvalue weighted by Gasteiger charge is -2.34. The van der Waals surface area contributed by atoms with Crippen LogP contribution in [-0.2, 0) is 16.0 Å². The van der Waals surface area contributed by atoms with Gasteiger partial charge in [0.25, 0.3) is 0 Å². The molecule has 0 radical (unpaired) electrons. The lowest BCUT2D eigenvalue weighted by molar-refractivity contribution is -0.134. The van der Waals surface area contributed by atoms with Crippen LogP contribution in [0.5, 0.6) is 0 Å². The zero-order chi connectivity index (χ0) is 20.1. The standard InChI is InChI=1S/C23H28ClN3O2/c24-20-6-4-18(5-7-20)16-21-2-1-3-22(25-21)19-8-10-27(11-9-19)23(28)17-26-12-14-29-15-13-26/h1-7,19H,8-17H2. The number of halogens is 1. The topological polar surface area (TPSA) is 45.7 Å². The Bertz CT molecular complexity index is 813. The van der Waals surface area contributed by atoms with Crippen LogP contribution in [0.15, 0.2) is 42.5 Å². The molecule has 0 unspecified atom stereocenters. The fraction of sp³-hybridized carbons (Fsp3) is 0.478. The van der Waals surface area contributed by atoms with Gasteiger partial charge < -0.3 is 9.64 Å². The van der Waals surface area contributed by atoms with Crippen LogP contribution in [0.2, 0.25) is 5.02 Å². The van der Waals surface area contributed by atoms with Crippen molar-refractivity contribution in [1.82, 2.24) is 14.8 Å². The van der Waals surface area contributed by atoms with Crippen molar-refractivity contribution in [2.75, 3.05) is 45.9 Å². The Morgan fingerprint density at radius 1 is 1.03 bits per heavy atom. The molecule has 0 aliphatic carbocycles. The van der Waals surface area contributed by atoms with Crippen LogP contribution in [0.25, 0.3) is 0 Å². The minimum Gasteiger partial charge on any atom is -0.379 e. The first kappa shape index (κ1) is 20.3. The van der Waals surface area contributed by atoms with Gasteiger partial charge in [0.15, 0.2) is 0 Å². The maximum atomic E-state index is 12.6. The Kier molecular flexibility index (Phi) is 6.80. The first-order valence-corrected chi connectivity index (χ1v) is 10.8. The van der Waals surface area contributed by atoms with E-state index >= 15 is 0 Å². The van der Waals surface area contributed by atoms with E-state index in [0.29, 0.717) is 12.5 Å².